The first-order valence-electron chi connectivity index (χ1n) is 9.14. The van der Waals surface area contributed by atoms with Crippen LogP contribution in [0.25, 0.3) is 0 Å². The van der Waals surface area contributed by atoms with Gasteiger partial charge in [-0.2, -0.15) is 0 Å². The highest BCUT2D eigenvalue weighted by Gasteiger charge is 2.26. The highest BCUT2D eigenvalue weighted by Crippen LogP contribution is 2.09. The van der Waals surface area contributed by atoms with Crippen molar-refractivity contribution in [2.24, 2.45) is 0 Å². The molecule has 0 spiro atoms. The van der Waals surface area contributed by atoms with Crippen molar-refractivity contribution >= 4 is 11.8 Å². The third-order valence-corrected chi connectivity index (χ3v) is 4.59. The van der Waals surface area contributed by atoms with E-state index in [1.807, 2.05) is 6.92 Å². The first-order valence-corrected chi connectivity index (χ1v) is 9.14. The molecule has 0 saturated carbocycles. The van der Waals surface area contributed by atoms with E-state index in [4.69, 9.17) is 0 Å². The van der Waals surface area contributed by atoms with Gasteiger partial charge in [-0.15, -0.1) is 0 Å². The maximum atomic E-state index is 13.6. The molecule has 1 aliphatic rings. The number of aliphatic hydroxyl groups excluding tert-OH is 1. The van der Waals surface area contributed by atoms with E-state index < -0.39 is 29.8 Å². The Bertz CT molecular complexity index is 620. The standard InChI is InChI=1S/C19H28FN3O3/c1-13(12-23-10-6-3-7-11-23)21-19(26)17(24)14(2)22-18(25)15-8-4-5-9-16(15)20/h4-5,8-9,13-14,17,24H,3,6-7,10-12H2,1-2H3,(H,21,26)(H,22,25)/t13?,14-,17-/m0/s1. The normalized spacial score (nSPS) is 18.6. The van der Waals surface area contributed by atoms with Crippen molar-refractivity contribution in [2.75, 3.05) is 19.6 Å². The number of nitrogens with one attached hydrogen (secondary N) is 2. The summed E-state index contributed by atoms with van der Waals surface area (Å²) in [6.45, 7) is 6.18. The lowest BCUT2D eigenvalue weighted by Gasteiger charge is -2.30. The summed E-state index contributed by atoms with van der Waals surface area (Å²) in [5.74, 6) is -1.86. The second kappa shape index (κ2) is 9.64. The molecule has 0 radical (unpaired) electrons. The van der Waals surface area contributed by atoms with E-state index in [9.17, 15) is 19.1 Å². The number of carbonyl (C=O) groups excluding carboxylic acids is 2. The SMILES string of the molecule is CC(CN1CCCCC1)NC(=O)[C@@H](O)[C@H](C)NC(=O)c1ccccc1F. The number of halogens is 1. The minimum absolute atomic E-state index is 0.107. The van der Waals surface area contributed by atoms with Crippen LogP contribution in [0.5, 0.6) is 0 Å². The van der Waals surface area contributed by atoms with E-state index in [1.54, 1.807) is 6.07 Å². The average molecular weight is 365 g/mol. The summed E-state index contributed by atoms with van der Waals surface area (Å²) in [6, 6.07) is 4.62. The molecule has 3 N–H and O–H groups in total. The van der Waals surface area contributed by atoms with E-state index in [0.717, 1.165) is 19.6 Å². The Hall–Kier alpha value is -1.99. The number of benzene rings is 1. The molecule has 1 saturated heterocycles. The van der Waals surface area contributed by atoms with Crippen LogP contribution in [0.3, 0.4) is 0 Å². The molecule has 1 aliphatic heterocycles. The van der Waals surface area contributed by atoms with Gasteiger partial charge in [0, 0.05) is 12.6 Å². The molecular formula is C19H28FN3O3. The summed E-state index contributed by atoms with van der Waals surface area (Å²) in [6.07, 6.45) is 2.18. The number of nitrogens with zero attached hydrogens (tertiary/aromatic N) is 1. The molecule has 26 heavy (non-hydrogen) atoms. The molecule has 2 rings (SSSR count). The van der Waals surface area contributed by atoms with E-state index >= 15 is 0 Å². The van der Waals surface area contributed by atoms with Crippen LogP contribution in [-0.4, -0.2) is 59.6 Å². The zero-order chi connectivity index (χ0) is 19.1. The zero-order valence-electron chi connectivity index (χ0n) is 15.4. The second-order valence-electron chi connectivity index (χ2n) is 6.96. The molecule has 144 valence electrons. The molecule has 3 atom stereocenters. The number of aliphatic hydroxyl groups is 1. The van der Waals surface area contributed by atoms with Crippen molar-refractivity contribution in [3.8, 4) is 0 Å². The Morgan fingerprint density at radius 2 is 1.81 bits per heavy atom. The van der Waals surface area contributed by atoms with Gasteiger partial charge >= 0.3 is 0 Å². The van der Waals surface area contributed by atoms with E-state index in [2.05, 4.69) is 15.5 Å². The second-order valence-corrected chi connectivity index (χ2v) is 6.96. The lowest BCUT2D eigenvalue weighted by Crippen LogP contribution is -2.52. The van der Waals surface area contributed by atoms with Crippen LogP contribution >= 0.6 is 0 Å². The van der Waals surface area contributed by atoms with Crippen molar-refractivity contribution in [3.63, 3.8) is 0 Å². The quantitative estimate of drug-likeness (QED) is 0.680. The van der Waals surface area contributed by atoms with Gasteiger partial charge in [0.1, 0.15) is 5.82 Å². The van der Waals surface area contributed by atoms with Crippen LogP contribution in [0.4, 0.5) is 4.39 Å². The Labute approximate surface area is 153 Å². The Morgan fingerprint density at radius 1 is 1.15 bits per heavy atom. The summed E-state index contributed by atoms with van der Waals surface area (Å²) in [4.78, 5) is 26.6. The maximum absolute atomic E-state index is 13.6. The number of hydrogen-bond acceptors (Lipinski definition) is 4. The van der Waals surface area contributed by atoms with Crippen molar-refractivity contribution in [1.82, 2.24) is 15.5 Å². The summed E-state index contributed by atoms with van der Waals surface area (Å²) >= 11 is 0. The van der Waals surface area contributed by atoms with E-state index in [1.165, 1.54) is 44.4 Å². The van der Waals surface area contributed by atoms with Crippen molar-refractivity contribution < 1.29 is 19.1 Å². The minimum atomic E-state index is -1.41. The van der Waals surface area contributed by atoms with Gasteiger partial charge < -0.3 is 20.6 Å². The van der Waals surface area contributed by atoms with Gasteiger partial charge in [-0.25, -0.2) is 4.39 Å². The summed E-state index contributed by atoms with van der Waals surface area (Å²) in [5.41, 5.74) is -0.120. The number of likely N-dealkylation sites (tertiary alicyclic amines) is 1. The molecule has 1 heterocycles. The number of carbonyl (C=O) groups is 2. The third-order valence-electron chi connectivity index (χ3n) is 4.59. The molecule has 1 aromatic carbocycles. The molecule has 6 nitrogen and oxygen atoms in total. The third kappa shape index (κ3) is 5.78. The molecule has 2 amide bonds. The molecule has 1 fully saturated rings. The van der Waals surface area contributed by atoms with Crippen LogP contribution in [-0.2, 0) is 4.79 Å². The van der Waals surface area contributed by atoms with E-state index in [0.29, 0.717) is 0 Å². The molecule has 0 bridgehead atoms. The van der Waals surface area contributed by atoms with Gasteiger partial charge in [-0.05, 0) is 51.9 Å². The molecule has 1 aromatic rings. The largest absolute Gasteiger partial charge is 0.381 e. The molecule has 1 unspecified atom stereocenters. The topological polar surface area (TPSA) is 81.7 Å². The minimum Gasteiger partial charge on any atom is -0.381 e. The van der Waals surface area contributed by atoms with Crippen LogP contribution in [0.1, 0.15) is 43.5 Å². The molecule has 7 heteroatoms. The van der Waals surface area contributed by atoms with Crippen molar-refractivity contribution in [3.05, 3.63) is 35.6 Å². The van der Waals surface area contributed by atoms with Crippen LogP contribution < -0.4 is 10.6 Å². The Kier molecular flexibility index (Phi) is 7.53. The zero-order valence-corrected chi connectivity index (χ0v) is 15.4. The van der Waals surface area contributed by atoms with Crippen molar-refractivity contribution in [1.29, 1.82) is 0 Å². The van der Waals surface area contributed by atoms with Crippen LogP contribution in [0.2, 0.25) is 0 Å². The van der Waals surface area contributed by atoms with Gasteiger partial charge in [0.2, 0.25) is 0 Å². The highest BCUT2D eigenvalue weighted by atomic mass is 19.1. The summed E-state index contributed by atoms with van der Waals surface area (Å²) in [7, 11) is 0. The van der Waals surface area contributed by atoms with Gasteiger partial charge in [0.15, 0.2) is 6.10 Å². The van der Waals surface area contributed by atoms with Crippen LogP contribution in [0, 0.1) is 5.82 Å². The first-order chi connectivity index (χ1) is 12.4. The Balaban J connectivity index is 1.82. The summed E-state index contributed by atoms with van der Waals surface area (Å²) < 4.78 is 13.6. The predicted molar refractivity (Wildman–Crippen MR) is 97.2 cm³/mol. The van der Waals surface area contributed by atoms with Gasteiger partial charge in [-0.3, -0.25) is 9.59 Å². The smallest absolute Gasteiger partial charge is 0.254 e. The number of piperidine rings is 1. The first kappa shape index (κ1) is 20.3. The molecular weight excluding hydrogens is 337 g/mol. The van der Waals surface area contributed by atoms with Crippen LogP contribution in [0.15, 0.2) is 24.3 Å². The highest BCUT2D eigenvalue weighted by molar-refractivity contribution is 5.95. The fourth-order valence-corrected chi connectivity index (χ4v) is 3.14. The number of amides is 2. The predicted octanol–water partition coefficient (Wildman–Crippen LogP) is 1.30. The van der Waals surface area contributed by atoms with Gasteiger partial charge in [0.25, 0.3) is 11.8 Å². The lowest BCUT2D eigenvalue weighted by atomic mass is 10.1. The fourth-order valence-electron chi connectivity index (χ4n) is 3.14. The summed E-state index contributed by atoms with van der Waals surface area (Å²) in [5, 5.41) is 15.4. The van der Waals surface area contributed by atoms with E-state index in [-0.39, 0.29) is 11.6 Å². The number of rotatable bonds is 7. The van der Waals surface area contributed by atoms with Gasteiger partial charge in [0.05, 0.1) is 11.6 Å². The fraction of sp³-hybridized carbons (Fsp3) is 0.579. The maximum Gasteiger partial charge on any atom is 0.254 e. The van der Waals surface area contributed by atoms with Gasteiger partial charge in [-0.1, -0.05) is 18.6 Å². The molecule has 0 aromatic heterocycles. The monoisotopic (exact) mass is 365 g/mol. The molecule has 0 aliphatic carbocycles. The van der Waals surface area contributed by atoms with Crippen molar-refractivity contribution in [2.45, 2.75) is 51.3 Å². The number of hydrogen-bond donors (Lipinski definition) is 3. The lowest BCUT2D eigenvalue weighted by molar-refractivity contribution is -0.131. The average Bonchev–Trinajstić information content (AvgIpc) is 2.61. The Morgan fingerprint density at radius 3 is 2.46 bits per heavy atom.